The largest absolute Gasteiger partial charge is 0.478 e. The second kappa shape index (κ2) is 16.3. The summed E-state index contributed by atoms with van der Waals surface area (Å²) in [6.07, 6.45) is 18.9. The number of aryl methyl sites for hydroxylation is 2. The van der Waals surface area contributed by atoms with Crippen LogP contribution >= 0.6 is 0 Å². The summed E-state index contributed by atoms with van der Waals surface area (Å²) in [5.41, 5.74) is 13.3. The second-order valence-corrected chi connectivity index (χ2v) is 14.1. The first-order valence-electron chi connectivity index (χ1n) is 19.2. The summed E-state index contributed by atoms with van der Waals surface area (Å²) in [6, 6.07) is 22.2. The molecule has 0 radical (unpaired) electrons. The average Bonchev–Trinajstić information content (AvgIpc) is 4.00. The van der Waals surface area contributed by atoms with Crippen LogP contribution in [0.15, 0.2) is 72.8 Å². The van der Waals surface area contributed by atoms with E-state index in [1.165, 1.54) is 18.4 Å². The third-order valence-electron chi connectivity index (χ3n) is 10.3. The molecule has 0 saturated carbocycles. The fourth-order valence-corrected chi connectivity index (χ4v) is 7.47. The predicted molar refractivity (Wildman–Crippen MR) is 219 cm³/mol. The zero-order valence-electron chi connectivity index (χ0n) is 30.9. The van der Waals surface area contributed by atoms with Gasteiger partial charge in [-0.15, -0.1) is 0 Å². The Morgan fingerprint density at radius 3 is 1.70 bits per heavy atom. The van der Waals surface area contributed by atoms with Gasteiger partial charge in [0.25, 0.3) is 0 Å². The minimum Gasteiger partial charge on any atom is -0.478 e. The van der Waals surface area contributed by atoms with E-state index in [1.807, 2.05) is 42.5 Å². The Morgan fingerprint density at radius 2 is 1.11 bits per heavy atom. The number of H-pyrrole nitrogens is 2. The number of carboxylic acid groups (broad SMARTS) is 2. The molecule has 5 heterocycles. The van der Waals surface area contributed by atoms with E-state index in [2.05, 4.69) is 54.2 Å². The lowest BCUT2D eigenvalue weighted by atomic mass is 9.92. The molecule has 2 aliphatic rings. The van der Waals surface area contributed by atoms with Gasteiger partial charge in [-0.25, -0.2) is 19.6 Å². The van der Waals surface area contributed by atoms with Crippen LogP contribution in [0.2, 0.25) is 0 Å². The molecule has 0 unspecified atom stereocenters. The van der Waals surface area contributed by atoms with E-state index in [9.17, 15) is 19.8 Å². The van der Waals surface area contributed by atoms with E-state index >= 15 is 0 Å². The van der Waals surface area contributed by atoms with Gasteiger partial charge in [0.1, 0.15) is 0 Å². The molecule has 0 spiro atoms. The number of aromatic amines is 2. The molecule has 54 heavy (non-hydrogen) atoms. The number of carboxylic acids is 2. The van der Waals surface area contributed by atoms with E-state index in [0.717, 1.165) is 124 Å². The van der Waals surface area contributed by atoms with Crippen molar-refractivity contribution in [2.75, 3.05) is 0 Å². The molecule has 0 atom stereocenters. The summed E-state index contributed by atoms with van der Waals surface area (Å²) in [5.74, 6) is -1.99. The number of aromatic nitrogens is 4. The fraction of sp³-hybridized carbons (Fsp3) is 0.261. The van der Waals surface area contributed by atoms with Gasteiger partial charge in [0, 0.05) is 38.8 Å². The van der Waals surface area contributed by atoms with Crippen molar-refractivity contribution in [3.05, 3.63) is 118 Å². The molecule has 8 bridgehead atoms. The summed E-state index contributed by atoms with van der Waals surface area (Å²) in [4.78, 5) is 41.7. The number of rotatable bonds is 14. The van der Waals surface area contributed by atoms with Gasteiger partial charge < -0.3 is 20.2 Å². The summed E-state index contributed by atoms with van der Waals surface area (Å²) >= 11 is 0. The van der Waals surface area contributed by atoms with E-state index < -0.39 is 11.9 Å². The van der Waals surface area contributed by atoms with Crippen LogP contribution in [0.5, 0.6) is 0 Å². The highest BCUT2D eigenvalue weighted by Crippen LogP contribution is 2.42. The highest BCUT2D eigenvalue weighted by molar-refractivity contribution is 6.05. The lowest BCUT2D eigenvalue weighted by Gasteiger charge is -2.10. The molecule has 0 aliphatic carbocycles. The number of hydrogen-bond acceptors (Lipinski definition) is 4. The highest BCUT2D eigenvalue weighted by atomic mass is 16.4. The smallest absolute Gasteiger partial charge is 0.335 e. The number of aromatic carboxylic acids is 2. The van der Waals surface area contributed by atoms with Crippen molar-refractivity contribution in [3.63, 3.8) is 0 Å². The molecule has 2 aliphatic heterocycles. The Kier molecular flexibility index (Phi) is 11.0. The maximum absolute atomic E-state index is 11.9. The van der Waals surface area contributed by atoms with E-state index in [4.69, 9.17) is 9.97 Å². The molecule has 274 valence electrons. The van der Waals surface area contributed by atoms with Gasteiger partial charge in [-0.3, -0.25) is 0 Å². The SMILES string of the molecule is CCCCCCc1c2nc(c(CCCCCC)c3[nH]c(cc4nc(cc5ccc1[nH]5)C=C4)c(-c1ccc(C(=O)O)cc1)c3-c1ccc(C(=O)O)cc1)C=C2. The van der Waals surface area contributed by atoms with Gasteiger partial charge in [0.2, 0.25) is 0 Å². The van der Waals surface area contributed by atoms with E-state index in [0.29, 0.717) is 0 Å². The van der Waals surface area contributed by atoms with Crippen LogP contribution in [0.25, 0.3) is 68.6 Å². The van der Waals surface area contributed by atoms with Gasteiger partial charge in [0.15, 0.2) is 0 Å². The molecule has 2 aromatic carbocycles. The Labute approximate surface area is 315 Å². The van der Waals surface area contributed by atoms with Crippen molar-refractivity contribution >= 4 is 58.3 Å². The van der Waals surface area contributed by atoms with Crippen molar-refractivity contribution in [2.45, 2.75) is 78.1 Å². The molecular formula is C46H46N4O4. The van der Waals surface area contributed by atoms with Crippen molar-refractivity contribution in [1.29, 1.82) is 0 Å². The summed E-state index contributed by atoms with van der Waals surface area (Å²) in [7, 11) is 0. The van der Waals surface area contributed by atoms with Gasteiger partial charge in [-0.2, -0.15) is 0 Å². The summed E-state index contributed by atoms with van der Waals surface area (Å²) in [6.45, 7) is 4.44. The molecule has 3 aromatic heterocycles. The lowest BCUT2D eigenvalue weighted by Crippen LogP contribution is -1.97. The van der Waals surface area contributed by atoms with Crippen LogP contribution in [-0.4, -0.2) is 42.1 Å². The van der Waals surface area contributed by atoms with Crippen molar-refractivity contribution in [3.8, 4) is 22.3 Å². The third-order valence-corrected chi connectivity index (χ3v) is 10.3. The Bertz CT molecular complexity index is 2410. The van der Waals surface area contributed by atoms with Gasteiger partial charge in [-0.05, 0) is 110 Å². The normalized spacial score (nSPS) is 12.0. The van der Waals surface area contributed by atoms with E-state index in [-0.39, 0.29) is 11.1 Å². The van der Waals surface area contributed by atoms with Gasteiger partial charge in [0.05, 0.1) is 39.4 Å². The lowest BCUT2D eigenvalue weighted by molar-refractivity contribution is 0.0686. The molecule has 4 N–H and O–H groups in total. The van der Waals surface area contributed by atoms with E-state index in [1.54, 1.807) is 24.3 Å². The molecule has 0 amide bonds. The maximum atomic E-state index is 11.9. The minimum absolute atomic E-state index is 0.196. The Morgan fingerprint density at radius 1 is 0.556 bits per heavy atom. The van der Waals surface area contributed by atoms with Crippen molar-refractivity contribution < 1.29 is 19.8 Å². The highest BCUT2D eigenvalue weighted by Gasteiger charge is 2.21. The third kappa shape index (κ3) is 7.83. The molecular weight excluding hydrogens is 673 g/mol. The molecule has 5 aromatic rings. The number of nitrogens with one attached hydrogen (secondary N) is 2. The second-order valence-electron chi connectivity index (χ2n) is 14.1. The van der Waals surface area contributed by atoms with Crippen LogP contribution in [0.1, 0.15) is 120 Å². The number of unbranched alkanes of at least 4 members (excludes halogenated alkanes) is 6. The average molecular weight is 719 g/mol. The van der Waals surface area contributed by atoms with Crippen LogP contribution < -0.4 is 0 Å². The van der Waals surface area contributed by atoms with Crippen molar-refractivity contribution in [2.24, 2.45) is 0 Å². The summed E-state index contributed by atoms with van der Waals surface area (Å²) < 4.78 is 0. The number of carbonyl (C=O) groups is 2. The standard InChI is InChI=1S/C46H46N4O4/c1-3-5-7-9-11-36-38-24-23-34(48-38)27-33-21-22-35(47-33)28-41-42(29-13-17-31(18-14-29)45(51)52)43(30-15-19-32(20-16-30)46(53)54)44(50-41)37(12-10-8-6-4-2)40-26-25-39(36)49-40/h13-28,48,50H,3-12H2,1-2H3,(H,51,52)(H,53,54). The summed E-state index contributed by atoms with van der Waals surface area (Å²) in [5, 5.41) is 19.5. The number of nitrogens with zero attached hydrogens (tertiary/aromatic N) is 2. The Balaban J connectivity index is 1.60. The molecule has 8 heteroatoms. The molecule has 0 fully saturated rings. The monoisotopic (exact) mass is 718 g/mol. The molecule has 0 saturated heterocycles. The topological polar surface area (TPSA) is 132 Å². The molecule has 7 rings (SSSR count). The maximum Gasteiger partial charge on any atom is 0.335 e. The first kappa shape index (κ1) is 36.3. The first-order chi connectivity index (χ1) is 26.3. The minimum atomic E-state index is -0.994. The fourth-order valence-electron chi connectivity index (χ4n) is 7.47. The number of fused-ring (bicyclic) bond motifs is 8. The van der Waals surface area contributed by atoms with Gasteiger partial charge >= 0.3 is 11.9 Å². The van der Waals surface area contributed by atoms with Crippen LogP contribution in [0, 0.1) is 0 Å². The molecule has 8 nitrogen and oxygen atoms in total. The van der Waals surface area contributed by atoms with Crippen LogP contribution in [0.4, 0.5) is 0 Å². The zero-order chi connectivity index (χ0) is 37.6. The van der Waals surface area contributed by atoms with Crippen LogP contribution in [-0.2, 0) is 12.8 Å². The first-order valence-corrected chi connectivity index (χ1v) is 19.2. The zero-order valence-corrected chi connectivity index (χ0v) is 30.9. The Hall–Kier alpha value is -6.02. The number of benzene rings is 2. The van der Waals surface area contributed by atoms with Gasteiger partial charge in [-0.1, -0.05) is 76.6 Å². The van der Waals surface area contributed by atoms with Crippen LogP contribution in [0.3, 0.4) is 0 Å². The number of hydrogen-bond donors (Lipinski definition) is 4. The quantitative estimate of drug-likeness (QED) is 0.0828. The predicted octanol–water partition coefficient (Wildman–Crippen LogP) is 11.6. The van der Waals surface area contributed by atoms with Crippen molar-refractivity contribution in [1.82, 2.24) is 19.9 Å².